The Hall–Kier alpha value is -2.48. The number of piperazine rings is 1. The highest BCUT2D eigenvalue weighted by Crippen LogP contribution is 2.24. The second kappa shape index (κ2) is 7.39. The van der Waals surface area contributed by atoms with Crippen molar-refractivity contribution in [3.63, 3.8) is 0 Å². The minimum Gasteiger partial charge on any atom is -0.378 e. The van der Waals surface area contributed by atoms with E-state index in [0.29, 0.717) is 19.5 Å². The molecule has 0 spiro atoms. The number of hydrogen-bond donors (Lipinski definition) is 2. The Balaban J connectivity index is 2.23. The van der Waals surface area contributed by atoms with E-state index in [2.05, 4.69) is 5.32 Å². The van der Waals surface area contributed by atoms with Crippen LogP contribution in [0.2, 0.25) is 0 Å². The van der Waals surface area contributed by atoms with Crippen molar-refractivity contribution in [3.05, 3.63) is 39.9 Å². The number of aliphatic hydroxyl groups is 1. The van der Waals surface area contributed by atoms with E-state index in [4.69, 9.17) is 0 Å². The maximum Gasteiger partial charge on any atom is 0.269 e. The van der Waals surface area contributed by atoms with Crippen molar-refractivity contribution in [1.82, 2.24) is 10.2 Å². The van der Waals surface area contributed by atoms with Gasteiger partial charge in [0.2, 0.25) is 5.91 Å². The van der Waals surface area contributed by atoms with E-state index in [9.17, 15) is 24.8 Å². The number of rotatable bonds is 5. The number of non-ortho nitro benzene ring substituents is 1. The molecule has 1 aliphatic heterocycles. The van der Waals surface area contributed by atoms with Gasteiger partial charge in [0.1, 0.15) is 6.04 Å². The van der Waals surface area contributed by atoms with Crippen LogP contribution in [0.5, 0.6) is 0 Å². The first kappa shape index (κ1) is 17.9. The van der Waals surface area contributed by atoms with E-state index in [0.717, 1.165) is 0 Å². The van der Waals surface area contributed by atoms with E-state index in [1.165, 1.54) is 29.2 Å². The van der Waals surface area contributed by atoms with Gasteiger partial charge in [-0.15, -0.1) is 0 Å². The standard InChI is InChI=1S/C16H21N3O5/c1-10(2)8-13-15(21)17-6-7-18(13)16(22)14(20)11-4-3-5-12(9-11)19(23)24/h3-5,9-10,13-14,20H,6-8H2,1-2H3,(H,17,21)/t13-,14-/m1/s1. The molecule has 0 saturated carbocycles. The van der Waals surface area contributed by atoms with Crippen molar-refractivity contribution in [3.8, 4) is 0 Å². The van der Waals surface area contributed by atoms with Crippen molar-refractivity contribution in [2.75, 3.05) is 13.1 Å². The monoisotopic (exact) mass is 335 g/mol. The van der Waals surface area contributed by atoms with Crippen molar-refractivity contribution >= 4 is 17.5 Å². The van der Waals surface area contributed by atoms with Crippen LogP contribution in [0.1, 0.15) is 31.9 Å². The molecule has 0 unspecified atom stereocenters. The SMILES string of the molecule is CC(C)C[C@@H]1C(=O)NCCN1C(=O)[C@H](O)c1cccc([N+](=O)[O-])c1. The van der Waals surface area contributed by atoms with E-state index in [1.54, 1.807) is 0 Å². The summed E-state index contributed by atoms with van der Waals surface area (Å²) in [5.74, 6) is -0.658. The number of nitro benzene ring substituents is 1. The summed E-state index contributed by atoms with van der Waals surface area (Å²) in [6.07, 6.45) is -1.05. The first-order valence-corrected chi connectivity index (χ1v) is 7.82. The van der Waals surface area contributed by atoms with Crippen LogP contribution in [0.3, 0.4) is 0 Å². The average molecular weight is 335 g/mol. The smallest absolute Gasteiger partial charge is 0.269 e. The Bertz CT molecular complexity index is 646. The molecule has 130 valence electrons. The lowest BCUT2D eigenvalue weighted by Crippen LogP contribution is -2.58. The Kier molecular flexibility index (Phi) is 5.50. The lowest BCUT2D eigenvalue weighted by molar-refractivity contribution is -0.385. The predicted molar refractivity (Wildman–Crippen MR) is 86.0 cm³/mol. The van der Waals surface area contributed by atoms with Crippen LogP contribution >= 0.6 is 0 Å². The third-order valence-corrected chi connectivity index (χ3v) is 3.94. The van der Waals surface area contributed by atoms with Gasteiger partial charge in [0.05, 0.1) is 4.92 Å². The molecule has 1 aliphatic rings. The first-order valence-electron chi connectivity index (χ1n) is 7.82. The zero-order valence-corrected chi connectivity index (χ0v) is 13.6. The molecular formula is C16H21N3O5. The van der Waals surface area contributed by atoms with Gasteiger partial charge in [-0.2, -0.15) is 0 Å². The van der Waals surface area contributed by atoms with Crippen molar-refractivity contribution in [1.29, 1.82) is 0 Å². The number of nitrogens with one attached hydrogen (secondary N) is 1. The van der Waals surface area contributed by atoms with E-state index in [-0.39, 0.29) is 23.1 Å². The largest absolute Gasteiger partial charge is 0.378 e. The lowest BCUT2D eigenvalue weighted by atomic mass is 9.98. The number of carbonyl (C=O) groups excluding carboxylic acids is 2. The number of nitro groups is 1. The summed E-state index contributed by atoms with van der Waals surface area (Å²) >= 11 is 0. The zero-order valence-electron chi connectivity index (χ0n) is 13.6. The second-order valence-corrected chi connectivity index (χ2v) is 6.22. The van der Waals surface area contributed by atoms with Crippen molar-refractivity contribution in [2.24, 2.45) is 5.92 Å². The summed E-state index contributed by atoms with van der Waals surface area (Å²) in [5, 5.41) is 23.9. The fraction of sp³-hybridized carbons (Fsp3) is 0.500. The molecule has 1 heterocycles. The Morgan fingerprint density at radius 1 is 1.50 bits per heavy atom. The molecule has 2 atom stereocenters. The zero-order chi connectivity index (χ0) is 17.9. The fourth-order valence-electron chi connectivity index (χ4n) is 2.77. The van der Waals surface area contributed by atoms with Crippen LogP contribution in [0.4, 0.5) is 5.69 Å². The molecule has 1 aromatic rings. The van der Waals surface area contributed by atoms with Crippen LogP contribution in [-0.2, 0) is 9.59 Å². The Morgan fingerprint density at radius 2 is 2.21 bits per heavy atom. The van der Waals surface area contributed by atoms with E-state index >= 15 is 0 Å². The molecule has 0 aliphatic carbocycles. The topological polar surface area (TPSA) is 113 Å². The molecule has 24 heavy (non-hydrogen) atoms. The van der Waals surface area contributed by atoms with Gasteiger partial charge in [0, 0.05) is 25.2 Å². The van der Waals surface area contributed by atoms with Crippen LogP contribution < -0.4 is 5.32 Å². The number of amides is 2. The number of nitrogens with zero attached hydrogens (tertiary/aromatic N) is 2. The van der Waals surface area contributed by atoms with E-state index < -0.39 is 23.0 Å². The fourth-order valence-corrected chi connectivity index (χ4v) is 2.77. The number of aliphatic hydroxyl groups excluding tert-OH is 1. The van der Waals surface area contributed by atoms with Gasteiger partial charge >= 0.3 is 0 Å². The molecule has 2 N–H and O–H groups in total. The Labute approximate surface area is 139 Å². The highest BCUT2D eigenvalue weighted by Gasteiger charge is 2.36. The normalized spacial score (nSPS) is 19.1. The first-order chi connectivity index (χ1) is 11.3. The molecule has 8 heteroatoms. The van der Waals surface area contributed by atoms with Gasteiger partial charge in [0.25, 0.3) is 11.6 Å². The van der Waals surface area contributed by atoms with Gasteiger partial charge in [-0.3, -0.25) is 19.7 Å². The van der Waals surface area contributed by atoms with Gasteiger partial charge in [-0.05, 0) is 17.9 Å². The lowest BCUT2D eigenvalue weighted by Gasteiger charge is -2.37. The van der Waals surface area contributed by atoms with Crippen LogP contribution in [0.15, 0.2) is 24.3 Å². The van der Waals surface area contributed by atoms with Crippen LogP contribution in [-0.4, -0.2) is 45.9 Å². The van der Waals surface area contributed by atoms with Gasteiger partial charge in [-0.25, -0.2) is 0 Å². The summed E-state index contributed by atoms with van der Waals surface area (Å²) in [4.78, 5) is 36.3. The summed E-state index contributed by atoms with van der Waals surface area (Å²) in [6.45, 7) is 4.51. The summed E-state index contributed by atoms with van der Waals surface area (Å²) in [6, 6.07) is 4.69. The summed E-state index contributed by atoms with van der Waals surface area (Å²) in [5.41, 5.74) is -0.0575. The highest BCUT2D eigenvalue weighted by atomic mass is 16.6. The molecule has 0 radical (unpaired) electrons. The molecule has 1 aromatic carbocycles. The average Bonchev–Trinajstić information content (AvgIpc) is 2.55. The van der Waals surface area contributed by atoms with E-state index in [1.807, 2.05) is 13.8 Å². The third-order valence-electron chi connectivity index (χ3n) is 3.94. The molecule has 8 nitrogen and oxygen atoms in total. The second-order valence-electron chi connectivity index (χ2n) is 6.22. The molecule has 0 bridgehead atoms. The van der Waals surface area contributed by atoms with Crippen molar-refractivity contribution in [2.45, 2.75) is 32.4 Å². The Morgan fingerprint density at radius 3 is 2.83 bits per heavy atom. The molecule has 2 rings (SSSR count). The molecule has 0 aromatic heterocycles. The maximum atomic E-state index is 12.6. The van der Waals surface area contributed by atoms with Gasteiger partial charge in [0.15, 0.2) is 6.10 Å². The van der Waals surface area contributed by atoms with Crippen LogP contribution in [0.25, 0.3) is 0 Å². The quantitative estimate of drug-likeness (QED) is 0.616. The third kappa shape index (κ3) is 3.88. The number of benzene rings is 1. The minimum absolute atomic E-state index is 0.142. The molecular weight excluding hydrogens is 314 g/mol. The molecule has 1 saturated heterocycles. The van der Waals surface area contributed by atoms with Gasteiger partial charge < -0.3 is 15.3 Å². The number of hydrogen-bond acceptors (Lipinski definition) is 5. The van der Waals surface area contributed by atoms with Gasteiger partial charge in [-0.1, -0.05) is 26.0 Å². The predicted octanol–water partition coefficient (Wildman–Crippen LogP) is 1.00. The molecule has 2 amide bonds. The summed E-state index contributed by atoms with van der Waals surface area (Å²) in [7, 11) is 0. The minimum atomic E-state index is -1.54. The van der Waals surface area contributed by atoms with Crippen LogP contribution in [0, 0.1) is 16.0 Å². The number of carbonyl (C=O) groups is 2. The van der Waals surface area contributed by atoms with Crippen molar-refractivity contribution < 1.29 is 19.6 Å². The maximum absolute atomic E-state index is 12.6. The molecule has 1 fully saturated rings. The summed E-state index contributed by atoms with van der Waals surface area (Å²) < 4.78 is 0. The highest BCUT2D eigenvalue weighted by molar-refractivity contribution is 5.91.